The maximum atomic E-state index is 13.0. The van der Waals surface area contributed by atoms with Gasteiger partial charge in [0.1, 0.15) is 5.82 Å². The Hall–Kier alpha value is -2.78. The molecule has 0 bridgehead atoms. The molecule has 1 N–H and O–H groups in total. The number of aromatic nitrogens is 1. The number of likely N-dealkylation sites (tertiary alicyclic amines) is 1. The molecule has 2 aliphatic rings. The maximum Gasteiger partial charge on any atom is 0.253 e. The average molecular weight is 485 g/mol. The molecule has 1 aromatic carbocycles. The predicted octanol–water partition coefficient (Wildman–Crippen LogP) is 3.30. The molecule has 2 fully saturated rings. The van der Waals surface area contributed by atoms with Crippen LogP contribution in [0.1, 0.15) is 48.5 Å². The van der Waals surface area contributed by atoms with Crippen molar-refractivity contribution in [2.24, 2.45) is 11.8 Å². The fourth-order valence-electron chi connectivity index (χ4n) is 4.50. The Morgan fingerprint density at radius 2 is 1.62 bits per heavy atom. The number of sulfonamides is 1. The third-order valence-corrected chi connectivity index (χ3v) is 8.71. The fourth-order valence-corrected chi connectivity index (χ4v) is 5.97. The predicted molar refractivity (Wildman–Crippen MR) is 130 cm³/mol. The topological polar surface area (TPSA) is 99.7 Å². The van der Waals surface area contributed by atoms with E-state index in [-0.39, 0.29) is 22.6 Å². The lowest BCUT2D eigenvalue weighted by molar-refractivity contribution is -0.121. The molecule has 4 rings (SSSR count). The standard InChI is InChI=1S/C25H32N4O4S/c1-18-8-15-29(16-9-18)34(32,33)22-5-3-21(4-6-22)25(31)28-13-10-20(11-14-28)24(30)27-23-17-19(2)7-12-26-23/h3-7,12,17-18,20H,8-11,13-16H2,1-2H3,(H,26,27,30). The molecule has 1 aromatic heterocycles. The van der Waals surface area contributed by atoms with Crippen LogP contribution in [-0.2, 0) is 14.8 Å². The Morgan fingerprint density at radius 3 is 2.24 bits per heavy atom. The van der Waals surface area contributed by atoms with E-state index < -0.39 is 10.0 Å². The molecule has 2 aromatic rings. The monoisotopic (exact) mass is 484 g/mol. The van der Waals surface area contributed by atoms with Crippen molar-refractivity contribution >= 4 is 27.7 Å². The summed E-state index contributed by atoms with van der Waals surface area (Å²) < 4.78 is 27.4. The summed E-state index contributed by atoms with van der Waals surface area (Å²) in [5.41, 5.74) is 1.48. The van der Waals surface area contributed by atoms with Crippen LogP contribution in [0.15, 0.2) is 47.5 Å². The van der Waals surface area contributed by atoms with Gasteiger partial charge in [0.25, 0.3) is 5.91 Å². The molecular formula is C25H32N4O4S. The molecule has 34 heavy (non-hydrogen) atoms. The van der Waals surface area contributed by atoms with Gasteiger partial charge in [-0.2, -0.15) is 4.31 Å². The molecule has 9 heteroatoms. The van der Waals surface area contributed by atoms with E-state index in [1.807, 2.05) is 19.1 Å². The van der Waals surface area contributed by atoms with Crippen molar-refractivity contribution < 1.29 is 18.0 Å². The van der Waals surface area contributed by atoms with Crippen LogP contribution in [0.4, 0.5) is 5.82 Å². The minimum atomic E-state index is -3.54. The van der Waals surface area contributed by atoms with E-state index in [4.69, 9.17) is 0 Å². The van der Waals surface area contributed by atoms with Crippen LogP contribution in [0, 0.1) is 18.8 Å². The first kappa shape index (κ1) is 24.3. The number of nitrogens with zero attached hydrogens (tertiary/aromatic N) is 3. The minimum Gasteiger partial charge on any atom is -0.339 e. The third-order valence-electron chi connectivity index (χ3n) is 6.80. The first-order valence-electron chi connectivity index (χ1n) is 11.9. The zero-order valence-corrected chi connectivity index (χ0v) is 20.6. The minimum absolute atomic E-state index is 0.0770. The molecule has 0 spiro atoms. The third kappa shape index (κ3) is 5.47. The first-order valence-corrected chi connectivity index (χ1v) is 13.3. The van der Waals surface area contributed by atoms with Crippen molar-refractivity contribution in [3.8, 4) is 0 Å². The number of carbonyl (C=O) groups excluding carboxylic acids is 2. The molecule has 0 atom stereocenters. The second-order valence-electron chi connectivity index (χ2n) is 9.39. The summed E-state index contributed by atoms with van der Waals surface area (Å²) in [5.74, 6) is 0.687. The second-order valence-corrected chi connectivity index (χ2v) is 11.3. The van der Waals surface area contributed by atoms with Crippen molar-refractivity contribution in [3.63, 3.8) is 0 Å². The van der Waals surface area contributed by atoms with Gasteiger partial charge < -0.3 is 10.2 Å². The highest BCUT2D eigenvalue weighted by Crippen LogP contribution is 2.25. The van der Waals surface area contributed by atoms with Gasteiger partial charge in [0.2, 0.25) is 15.9 Å². The van der Waals surface area contributed by atoms with E-state index in [2.05, 4.69) is 17.2 Å². The van der Waals surface area contributed by atoms with Gasteiger partial charge in [-0.15, -0.1) is 0 Å². The highest BCUT2D eigenvalue weighted by molar-refractivity contribution is 7.89. The molecule has 0 aliphatic carbocycles. The molecule has 0 unspecified atom stereocenters. The smallest absolute Gasteiger partial charge is 0.253 e. The maximum absolute atomic E-state index is 13.0. The number of amides is 2. The van der Waals surface area contributed by atoms with Gasteiger partial charge in [0.15, 0.2) is 0 Å². The molecule has 8 nitrogen and oxygen atoms in total. The average Bonchev–Trinajstić information content (AvgIpc) is 2.84. The zero-order valence-electron chi connectivity index (χ0n) is 19.7. The number of benzene rings is 1. The van der Waals surface area contributed by atoms with Gasteiger partial charge in [-0.3, -0.25) is 9.59 Å². The Labute approximate surface area is 201 Å². The van der Waals surface area contributed by atoms with Crippen LogP contribution in [0.3, 0.4) is 0 Å². The van der Waals surface area contributed by atoms with Crippen molar-refractivity contribution in [3.05, 3.63) is 53.7 Å². The number of carbonyl (C=O) groups is 2. The highest BCUT2D eigenvalue weighted by atomic mass is 32.2. The SMILES string of the molecule is Cc1ccnc(NC(=O)C2CCN(C(=O)c3ccc(S(=O)(=O)N4CCC(C)CC4)cc3)CC2)c1. The number of hydrogen-bond donors (Lipinski definition) is 1. The lowest BCUT2D eigenvalue weighted by Crippen LogP contribution is -2.41. The Balaban J connectivity index is 1.33. The molecule has 2 aliphatic heterocycles. The van der Waals surface area contributed by atoms with Gasteiger partial charge in [-0.05, 0) is 80.5 Å². The lowest BCUT2D eigenvalue weighted by Gasteiger charge is -2.31. The number of nitrogens with one attached hydrogen (secondary N) is 1. The van der Waals surface area contributed by atoms with Crippen molar-refractivity contribution in [1.29, 1.82) is 0 Å². The van der Waals surface area contributed by atoms with Crippen LogP contribution in [0.5, 0.6) is 0 Å². The summed E-state index contributed by atoms with van der Waals surface area (Å²) >= 11 is 0. The van der Waals surface area contributed by atoms with E-state index >= 15 is 0 Å². The highest BCUT2D eigenvalue weighted by Gasteiger charge is 2.30. The van der Waals surface area contributed by atoms with E-state index in [1.165, 1.54) is 16.4 Å². The molecule has 0 radical (unpaired) electrons. The summed E-state index contributed by atoms with van der Waals surface area (Å²) in [6, 6.07) is 9.92. The number of rotatable bonds is 5. The van der Waals surface area contributed by atoms with Crippen LogP contribution in [0.2, 0.25) is 0 Å². The number of piperidine rings is 2. The summed E-state index contributed by atoms with van der Waals surface area (Å²) in [7, 11) is -3.54. The molecular weight excluding hydrogens is 452 g/mol. The molecule has 2 saturated heterocycles. The lowest BCUT2D eigenvalue weighted by atomic mass is 9.95. The summed E-state index contributed by atoms with van der Waals surface area (Å²) in [6.45, 7) is 6.10. The second kappa shape index (κ2) is 10.2. The number of pyridine rings is 1. The fraction of sp³-hybridized carbons (Fsp3) is 0.480. The quantitative estimate of drug-likeness (QED) is 0.702. The Morgan fingerprint density at radius 1 is 0.971 bits per heavy atom. The molecule has 0 saturated carbocycles. The Kier molecular flexibility index (Phi) is 7.33. The summed E-state index contributed by atoms with van der Waals surface area (Å²) in [5, 5.41) is 2.86. The van der Waals surface area contributed by atoms with Crippen LogP contribution < -0.4 is 5.32 Å². The van der Waals surface area contributed by atoms with Crippen molar-refractivity contribution in [2.45, 2.75) is 44.4 Å². The van der Waals surface area contributed by atoms with Crippen LogP contribution in [-0.4, -0.2) is 60.6 Å². The van der Waals surface area contributed by atoms with E-state index in [1.54, 1.807) is 23.2 Å². The van der Waals surface area contributed by atoms with Crippen molar-refractivity contribution in [2.75, 3.05) is 31.5 Å². The summed E-state index contributed by atoms with van der Waals surface area (Å²) in [6.07, 6.45) is 4.54. The van der Waals surface area contributed by atoms with Gasteiger partial charge in [-0.25, -0.2) is 13.4 Å². The number of aryl methyl sites for hydroxylation is 1. The first-order chi connectivity index (χ1) is 16.2. The zero-order chi connectivity index (χ0) is 24.3. The molecule has 3 heterocycles. The number of anilines is 1. The van der Waals surface area contributed by atoms with Gasteiger partial charge in [0, 0.05) is 43.9 Å². The largest absolute Gasteiger partial charge is 0.339 e. The van der Waals surface area contributed by atoms with E-state index in [0.29, 0.717) is 56.3 Å². The summed E-state index contributed by atoms with van der Waals surface area (Å²) in [4.78, 5) is 31.7. The van der Waals surface area contributed by atoms with Crippen LogP contribution in [0.25, 0.3) is 0 Å². The Bertz CT molecular complexity index is 1130. The van der Waals surface area contributed by atoms with Gasteiger partial charge in [0.05, 0.1) is 4.90 Å². The van der Waals surface area contributed by atoms with Crippen LogP contribution >= 0.6 is 0 Å². The van der Waals surface area contributed by atoms with E-state index in [0.717, 1.165) is 18.4 Å². The number of hydrogen-bond acceptors (Lipinski definition) is 5. The van der Waals surface area contributed by atoms with Crippen molar-refractivity contribution in [1.82, 2.24) is 14.2 Å². The van der Waals surface area contributed by atoms with Gasteiger partial charge >= 0.3 is 0 Å². The normalized spacial score (nSPS) is 18.6. The van der Waals surface area contributed by atoms with E-state index in [9.17, 15) is 18.0 Å². The van der Waals surface area contributed by atoms with Gasteiger partial charge in [-0.1, -0.05) is 6.92 Å². The molecule has 182 valence electrons. The molecule has 2 amide bonds.